The van der Waals surface area contributed by atoms with Gasteiger partial charge in [0, 0.05) is 10.6 Å². The maximum absolute atomic E-state index is 13.2. The van der Waals surface area contributed by atoms with Gasteiger partial charge in [-0.05, 0) is 59.7 Å². The van der Waals surface area contributed by atoms with Crippen LogP contribution in [-0.2, 0) is 9.53 Å². The number of rotatable bonds is 2. The zero-order valence-corrected chi connectivity index (χ0v) is 14.5. The number of carbonyl (C=O) groups excluding carboxylic acids is 1. The highest BCUT2D eigenvalue weighted by Crippen LogP contribution is 2.41. The van der Waals surface area contributed by atoms with E-state index in [1.165, 1.54) is 6.07 Å². The van der Waals surface area contributed by atoms with Gasteiger partial charge in [-0.2, -0.15) is 13.2 Å². The summed E-state index contributed by atoms with van der Waals surface area (Å²) in [5.74, 6) is -1.01. The van der Waals surface area contributed by atoms with E-state index in [1.54, 1.807) is 36.4 Å². The van der Waals surface area contributed by atoms with E-state index >= 15 is 0 Å². The van der Waals surface area contributed by atoms with E-state index in [2.05, 4.69) is 4.74 Å². The van der Waals surface area contributed by atoms with Gasteiger partial charge in [0.1, 0.15) is 10.4 Å². The predicted molar refractivity (Wildman–Crippen MR) is 84.4 cm³/mol. The molecule has 0 radical (unpaired) electrons. The summed E-state index contributed by atoms with van der Waals surface area (Å²) >= 11 is 7.83. The van der Waals surface area contributed by atoms with Crippen LogP contribution in [0.2, 0.25) is 5.02 Å². The average molecular weight is 447 g/mol. The second kappa shape index (κ2) is 6.27. The highest BCUT2D eigenvalue weighted by molar-refractivity contribution is 14.1. The van der Waals surface area contributed by atoms with Gasteiger partial charge in [0.2, 0.25) is 6.10 Å². The number of benzene rings is 1. The molecule has 120 valence electrons. The minimum absolute atomic E-state index is 0.0488. The van der Waals surface area contributed by atoms with Crippen molar-refractivity contribution in [2.45, 2.75) is 26.1 Å². The van der Waals surface area contributed by atoms with Gasteiger partial charge < -0.3 is 9.47 Å². The molecule has 0 N–H and O–H groups in total. The van der Waals surface area contributed by atoms with Gasteiger partial charge >= 0.3 is 12.1 Å². The molecule has 1 heterocycles. The number of halogens is 5. The minimum atomic E-state index is -4.73. The summed E-state index contributed by atoms with van der Waals surface area (Å²) in [5.41, 5.74) is 0.929. The molecule has 0 saturated heterocycles. The first-order chi connectivity index (χ1) is 10.2. The zero-order valence-electron chi connectivity index (χ0n) is 11.6. The second-order valence-electron chi connectivity index (χ2n) is 4.72. The molecule has 1 aliphatic rings. The lowest BCUT2D eigenvalue weighted by atomic mass is 9.96. The molecule has 8 heteroatoms. The Morgan fingerprint density at radius 2 is 2.09 bits per heavy atom. The molecule has 0 saturated carbocycles. The Morgan fingerprint density at radius 3 is 2.64 bits per heavy atom. The number of aryl methyl sites for hydroxylation is 1. The molecular formula is C14H11ClF3IO3. The minimum Gasteiger partial charge on any atom is -0.475 e. The molecule has 0 fully saturated rings. The number of hydrogen-bond acceptors (Lipinski definition) is 3. The third kappa shape index (κ3) is 3.19. The predicted octanol–water partition coefficient (Wildman–Crippen LogP) is 4.60. The molecule has 1 aromatic carbocycles. The molecule has 1 aliphatic heterocycles. The van der Waals surface area contributed by atoms with E-state index in [1.807, 2.05) is 0 Å². The van der Waals surface area contributed by atoms with Crippen LogP contribution in [0.5, 0.6) is 5.75 Å². The largest absolute Gasteiger partial charge is 0.475 e. The van der Waals surface area contributed by atoms with Crippen molar-refractivity contribution >= 4 is 46.2 Å². The fourth-order valence-electron chi connectivity index (χ4n) is 2.18. The van der Waals surface area contributed by atoms with Crippen molar-refractivity contribution in [1.82, 2.24) is 0 Å². The van der Waals surface area contributed by atoms with Gasteiger partial charge in [-0.25, -0.2) is 4.79 Å². The van der Waals surface area contributed by atoms with Gasteiger partial charge in [0.25, 0.3) is 0 Å². The summed E-state index contributed by atoms with van der Waals surface area (Å²) in [7, 11) is 0. The summed E-state index contributed by atoms with van der Waals surface area (Å²) in [6, 6.07) is 1.43. The molecule has 0 aromatic heterocycles. The first kappa shape index (κ1) is 17.4. The van der Waals surface area contributed by atoms with Crippen LogP contribution < -0.4 is 4.74 Å². The number of esters is 1. The zero-order chi connectivity index (χ0) is 16.7. The molecule has 3 nitrogen and oxygen atoms in total. The molecule has 0 amide bonds. The standard InChI is InChI=1S/C14H11ClF3IO3/c1-6-3-10-8(7(2)11(6)15)4-9(13(20)21-5-19)12(22-10)14(16,17)18/h3-4,12H,5H2,1-2H3/t12-/m0/s1. The van der Waals surface area contributed by atoms with Gasteiger partial charge in [-0.3, -0.25) is 0 Å². The SMILES string of the molecule is Cc1cc2c(c(C)c1Cl)C=C(C(=O)OCI)[C@@H](C(F)(F)F)O2. The summed E-state index contributed by atoms with van der Waals surface area (Å²) in [5, 5.41) is 0.422. The first-order valence-corrected chi connectivity index (χ1v) is 8.05. The fraction of sp³-hybridized carbons (Fsp3) is 0.357. The van der Waals surface area contributed by atoms with E-state index in [-0.39, 0.29) is 10.4 Å². The van der Waals surface area contributed by atoms with Crippen LogP contribution in [-0.4, -0.2) is 22.9 Å². The van der Waals surface area contributed by atoms with Crippen LogP contribution in [0.4, 0.5) is 13.2 Å². The molecule has 0 bridgehead atoms. The van der Waals surface area contributed by atoms with E-state index in [0.29, 0.717) is 21.7 Å². The molecule has 2 rings (SSSR count). The Bertz CT molecular complexity index is 656. The Labute approximate surface area is 143 Å². The monoisotopic (exact) mass is 446 g/mol. The normalized spacial score (nSPS) is 17.4. The number of alkyl halides is 4. The van der Waals surface area contributed by atoms with Crippen molar-refractivity contribution in [3.8, 4) is 5.75 Å². The fourth-order valence-corrected chi connectivity index (χ4v) is 2.62. The van der Waals surface area contributed by atoms with Crippen molar-refractivity contribution < 1.29 is 27.4 Å². The third-order valence-corrected chi connectivity index (χ3v) is 4.13. The summed E-state index contributed by atoms with van der Waals surface area (Å²) < 4.78 is 49.2. The number of hydrogen-bond donors (Lipinski definition) is 0. The van der Waals surface area contributed by atoms with E-state index in [4.69, 9.17) is 16.3 Å². The van der Waals surface area contributed by atoms with Crippen molar-refractivity contribution in [2.24, 2.45) is 0 Å². The highest BCUT2D eigenvalue weighted by atomic mass is 127. The highest BCUT2D eigenvalue weighted by Gasteiger charge is 2.49. The topological polar surface area (TPSA) is 35.5 Å². The lowest BCUT2D eigenvalue weighted by Gasteiger charge is -2.29. The summed E-state index contributed by atoms with van der Waals surface area (Å²) in [6.45, 7) is 3.33. The third-order valence-electron chi connectivity index (χ3n) is 3.24. The van der Waals surface area contributed by atoms with Crippen LogP contribution in [0.25, 0.3) is 6.08 Å². The van der Waals surface area contributed by atoms with Gasteiger partial charge in [-0.1, -0.05) is 11.6 Å². The maximum atomic E-state index is 13.2. The smallest absolute Gasteiger partial charge is 0.430 e. The Hall–Kier alpha value is -0.960. The maximum Gasteiger partial charge on any atom is 0.430 e. The first-order valence-electron chi connectivity index (χ1n) is 6.14. The van der Waals surface area contributed by atoms with Crippen LogP contribution >= 0.6 is 34.2 Å². The quantitative estimate of drug-likeness (QED) is 0.378. The average Bonchev–Trinajstić information content (AvgIpc) is 2.43. The van der Waals surface area contributed by atoms with Crippen LogP contribution in [0, 0.1) is 13.8 Å². The van der Waals surface area contributed by atoms with Crippen LogP contribution in [0.15, 0.2) is 11.6 Å². The van der Waals surface area contributed by atoms with Crippen LogP contribution in [0.3, 0.4) is 0 Å². The van der Waals surface area contributed by atoms with E-state index in [0.717, 1.165) is 6.08 Å². The van der Waals surface area contributed by atoms with Crippen LogP contribution in [0.1, 0.15) is 16.7 Å². The molecular weight excluding hydrogens is 436 g/mol. The molecule has 0 spiro atoms. The Kier molecular flexibility index (Phi) is 4.96. The molecule has 1 atom stereocenters. The number of carbonyl (C=O) groups is 1. The van der Waals surface area contributed by atoms with E-state index in [9.17, 15) is 18.0 Å². The summed E-state index contributed by atoms with van der Waals surface area (Å²) in [6.07, 6.45) is -5.93. The van der Waals surface area contributed by atoms with Gasteiger partial charge in [0.05, 0.1) is 5.57 Å². The van der Waals surface area contributed by atoms with Crippen molar-refractivity contribution in [1.29, 1.82) is 0 Å². The Morgan fingerprint density at radius 1 is 1.45 bits per heavy atom. The second-order valence-corrected chi connectivity index (χ2v) is 5.73. The molecule has 22 heavy (non-hydrogen) atoms. The van der Waals surface area contributed by atoms with Gasteiger partial charge in [0.15, 0.2) is 0 Å². The lowest BCUT2D eigenvalue weighted by molar-refractivity contribution is -0.187. The van der Waals surface area contributed by atoms with Crippen molar-refractivity contribution in [3.05, 3.63) is 33.4 Å². The summed E-state index contributed by atoms with van der Waals surface area (Å²) in [4.78, 5) is 11.8. The van der Waals surface area contributed by atoms with E-state index < -0.39 is 23.8 Å². The van der Waals surface area contributed by atoms with Gasteiger partial charge in [-0.15, -0.1) is 0 Å². The molecule has 0 aliphatic carbocycles. The lowest BCUT2D eigenvalue weighted by Crippen LogP contribution is -2.40. The molecule has 1 aromatic rings. The molecule has 0 unspecified atom stereocenters. The number of fused-ring (bicyclic) bond motifs is 1. The number of ether oxygens (including phenoxy) is 2. The van der Waals surface area contributed by atoms with Crippen molar-refractivity contribution in [3.63, 3.8) is 0 Å². The Balaban J connectivity index is 2.61. The van der Waals surface area contributed by atoms with Crippen molar-refractivity contribution in [2.75, 3.05) is 4.61 Å².